The average molecular weight is 334 g/mol. The van der Waals surface area contributed by atoms with Crippen LogP contribution in [0.15, 0.2) is 57.9 Å². The molecule has 1 aromatic carbocycles. The second kappa shape index (κ2) is 5.80. The molecule has 2 heterocycles. The molecule has 0 radical (unpaired) electrons. The lowest BCUT2D eigenvalue weighted by Gasteiger charge is -2.08. The van der Waals surface area contributed by atoms with Crippen molar-refractivity contribution in [3.63, 3.8) is 0 Å². The Hall–Kier alpha value is -3.16. The van der Waals surface area contributed by atoms with Gasteiger partial charge < -0.3 is 9.73 Å². The number of benzene rings is 1. The van der Waals surface area contributed by atoms with Crippen LogP contribution in [0.4, 0.5) is 19.0 Å². The number of pyridine rings is 1. The van der Waals surface area contributed by atoms with E-state index < -0.39 is 23.3 Å². The molecular weight excluding hydrogens is 325 g/mol. The summed E-state index contributed by atoms with van der Waals surface area (Å²) >= 11 is 0. The van der Waals surface area contributed by atoms with Crippen molar-refractivity contribution in [1.29, 1.82) is 0 Å². The molecule has 0 aliphatic rings. The van der Waals surface area contributed by atoms with Gasteiger partial charge in [-0.2, -0.15) is 13.2 Å². The normalized spacial score (nSPS) is 11.5. The van der Waals surface area contributed by atoms with E-state index in [0.717, 1.165) is 12.1 Å². The first-order chi connectivity index (χ1) is 11.3. The fourth-order valence-electron chi connectivity index (χ4n) is 2.04. The summed E-state index contributed by atoms with van der Waals surface area (Å²) in [5, 5.41) is 2.81. The van der Waals surface area contributed by atoms with Crippen LogP contribution < -0.4 is 10.9 Å². The fraction of sp³-hybridized carbons (Fsp3) is 0.0625. The molecule has 0 spiro atoms. The number of nitrogens with one attached hydrogen (secondary N) is 1. The van der Waals surface area contributed by atoms with Crippen LogP contribution in [0.25, 0.3) is 11.0 Å². The van der Waals surface area contributed by atoms with Crippen LogP contribution in [-0.4, -0.2) is 10.9 Å². The molecule has 0 saturated heterocycles. The van der Waals surface area contributed by atoms with Crippen molar-refractivity contribution in [2.45, 2.75) is 6.18 Å². The zero-order chi connectivity index (χ0) is 17.3. The van der Waals surface area contributed by atoms with Crippen molar-refractivity contribution in [3.8, 4) is 0 Å². The van der Waals surface area contributed by atoms with E-state index in [1.165, 1.54) is 6.07 Å². The molecule has 1 N–H and O–H groups in total. The SMILES string of the molecule is O=C(Nc1ccc(C(F)(F)F)cn1)c1cc2ccccc2oc1=O. The number of fused-ring (bicyclic) bond motifs is 1. The van der Waals surface area contributed by atoms with E-state index in [9.17, 15) is 22.8 Å². The molecule has 2 aromatic heterocycles. The van der Waals surface area contributed by atoms with Crippen molar-refractivity contribution in [3.05, 3.63) is 70.2 Å². The maximum atomic E-state index is 12.5. The molecule has 0 saturated carbocycles. The van der Waals surface area contributed by atoms with Crippen molar-refractivity contribution in [1.82, 2.24) is 4.98 Å². The second-order valence-corrected chi connectivity index (χ2v) is 4.87. The first-order valence-corrected chi connectivity index (χ1v) is 6.72. The summed E-state index contributed by atoms with van der Waals surface area (Å²) in [4.78, 5) is 27.5. The molecule has 3 rings (SSSR count). The van der Waals surface area contributed by atoms with Gasteiger partial charge in [0.25, 0.3) is 5.91 Å². The monoisotopic (exact) mass is 334 g/mol. The predicted molar refractivity (Wildman–Crippen MR) is 79.7 cm³/mol. The third-order valence-corrected chi connectivity index (χ3v) is 3.22. The molecule has 3 aromatic rings. The van der Waals surface area contributed by atoms with E-state index >= 15 is 0 Å². The molecule has 0 unspecified atom stereocenters. The van der Waals surface area contributed by atoms with Gasteiger partial charge in [0, 0.05) is 11.6 Å². The standard InChI is InChI=1S/C16H9F3N2O3/c17-16(18,19)10-5-6-13(20-8-10)21-14(22)11-7-9-3-1-2-4-12(9)24-15(11)23/h1-8H,(H,20,21,22). The Morgan fingerprint density at radius 3 is 2.54 bits per heavy atom. The molecule has 0 aliphatic carbocycles. The van der Waals surface area contributed by atoms with Crippen LogP contribution in [0, 0.1) is 0 Å². The smallest absolute Gasteiger partial charge is 0.417 e. The second-order valence-electron chi connectivity index (χ2n) is 4.87. The van der Waals surface area contributed by atoms with Gasteiger partial charge in [0.05, 0.1) is 5.56 Å². The van der Waals surface area contributed by atoms with Crippen LogP contribution >= 0.6 is 0 Å². The number of carbonyl (C=O) groups excluding carboxylic acids is 1. The molecular formula is C16H9F3N2O3. The third kappa shape index (κ3) is 3.12. The largest absolute Gasteiger partial charge is 0.422 e. The minimum atomic E-state index is -4.52. The number of carbonyl (C=O) groups is 1. The van der Waals surface area contributed by atoms with Crippen molar-refractivity contribution < 1.29 is 22.4 Å². The summed E-state index contributed by atoms with van der Waals surface area (Å²) in [5.41, 5.74) is -1.73. The van der Waals surface area contributed by atoms with Gasteiger partial charge in [-0.15, -0.1) is 0 Å². The van der Waals surface area contributed by atoms with E-state index in [2.05, 4.69) is 10.3 Å². The van der Waals surface area contributed by atoms with E-state index in [-0.39, 0.29) is 11.4 Å². The Morgan fingerprint density at radius 1 is 1.12 bits per heavy atom. The zero-order valence-electron chi connectivity index (χ0n) is 11.9. The number of hydrogen-bond donors (Lipinski definition) is 1. The Morgan fingerprint density at radius 2 is 1.88 bits per heavy atom. The van der Waals surface area contributed by atoms with Crippen LogP contribution in [0.5, 0.6) is 0 Å². The van der Waals surface area contributed by atoms with Gasteiger partial charge >= 0.3 is 11.8 Å². The third-order valence-electron chi connectivity index (χ3n) is 3.22. The first-order valence-electron chi connectivity index (χ1n) is 6.72. The molecule has 8 heteroatoms. The number of aromatic nitrogens is 1. The lowest BCUT2D eigenvalue weighted by Crippen LogP contribution is -2.21. The first kappa shape index (κ1) is 15.7. The highest BCUT2D eigenvalue weighted by molar-refractivity contribution is 6.04. The van der Waals surface area contributed by atoms with Crippen molar-refractivity contribution in [2.24, 2.45) is 0 Å². The Balaban J connectivity index is 1.87. The summed E-state index contributed by atoms with van der Waals surface area (Å²) in [7, 11) is 0. The van der Waals surface area contributed by atoms with Crippen molar-refractivity contribution in [2.75, 3.05) is 5.32 Å². The van der Waals surface area contributed by atoms with E-state index in [1.807, 2.05) is 0 Å². The fourth-order valence-corrected chi connectivity index (χ4v) is 2.04. The molecule has 0 fully saturated rings. The lowest BCUT2D eigenvalue weighted by atomic mass is 10.2. The van der Waals surface area contributed by atoms with Gasteiger partial charge in [-0.05, 0) is 24.3 Å². The maximum absolute atomic E-state index is 12.5. The number of anilines is 1. The molecule has 24 heavy (non-hydrogen) atoms. The molecule has 0 atom stereocenters. The maximum Gasteiger partial charge on any atom is 0.417 e. The zero-order valence-corrected chi connectivity index (χ0v) is 11.9. The van der Waals surface area contributed by atoms with Gasteiger partial charge in [-0.25, -0.2) is 9.78 Å². The number of rotatable bonds is 2. The van der Waals surface area contributed by atoms with Crippen molar-refractivity contribution >= 4 is 22.7 Å². The number of alkyl halides is 3. The highest BCUT2D eigenvalue weighted by atomic mass is 19.4. The van der Waals surface area contributed by atoms with Crippen LogP contribution in [0.3, 0.4) is 0 Å². The summed E-state index contributed by atoms with van der Waals surface area (Å²) in [6, 6.07) is 9.76. The van der Waals surface area contributed by atoms with Gasteiger partial charge in [0.15, 0.2) is 0 Å². The molecule has 0 bridgehead atoms. The van der Waals surface area contributed by atoms with Gasteiger partial charge in [0.1, 0.15) is 17.0 Å². The number of nitrogens with zero attached hydrogens (tertiary/aromatic N) is 1. The summed E-state index contributed by atoms with van der Waals surface area (Å²) < 4.78 is 42.4. The minimum Gasteiger partial charge on any atom is -0.422 e. The molecule has 122 valence electrons. The summed E-state index contributed by atoms with van der Waals surface area (Å²) in [5.74, 6) is -0.928. The molecule has 5 nitrogen and oxygen atoms in total. The van der Waals surface area contributed by atoms with E-state index in [4.69, 9.17) is 4.42 Å². The highest BCUT2D eigenvalue weighted by Gasteiger charge is 2.30. The number of halogens is 3. The Labute approximate surface area is 132 Å². The van der Waals surface area contributed by atoms with Crippen LogP contribution in [0.1, 0.15) is 15.9 Å². The van der Waals surface area contributed by atoms with Crippen LogP contribution in [0.2, 0.25) is 0 Å². The topological polar surface area (TPSA) is 72.2 Å². The Kier molecular flexibility index (Phi) is 3.80. The Bertz CT molecular complexity index is 963. The number of para-hydroxylation sites is 1. The average Bonchev–Trinajstić information content (AvgIpc) is 2.53. The molecule has 1 amide bonds. The van der Waals surface area contributed by atoms with Gasteiger partial charge in [-0.3, -0.25) is 4.79 Å². The van der Waals surface area contributed by atoms with Gasteiger partial charge in [0.2, 0.25) is 0 Å². The molecule has 0 aliphatic heterocycles. The predicted octanol–water partition coefficient (Wildman–Crippen LogP) is 3.46. The van der Waals surface area contributed by atoms with Crippen LogP contribution in [-0.2, 0) is 6.18 Å². The summed E-state index contributed by atoms with van der Waals surface area (Å²) in [6.07, 6.45) is -3.92. The van der Waals surface area contributed by atoms with E-state index in [0.29, 0.717) is 17.2 Å². The quantitative estimate of drug-likeness (QED) is 0.729. The van der Waals surface area contributed by atoms with Gasteiger partial charge in [-0.1, -0.05) is 18.2 Å². The highest BCUT2D eigenvalue weighted by Crippen LogP contribution is 2.28. The van der Waals surface area contributed by atoms with E-state index in [1.54, 1.807) is 24.3 Å². The number of amides is 1. The summed E-state index contributed by atoms with van der Waals surface area (Å²) in [6.45, 7) is 0. The lowest BCUT2D eigenvalue weighted by molar-refractivity contribution is -0.137. The minimum absolute atomic E-state index is 0.111. The number of hydrogen-bond acceptors (Lipinski definition) is 4.